The Morgan fingerprint density at radius 1 is 1.29 bits per heavy atom. The van der Waals surface area contributed by atoms with Crippen LogP contribution < -0.4 is 4.18 Å². The molecule has 4 nitrogen and oxygen atoms in total. The Kier molecular flexibility index (Phi) is 3.46. The summed E-state index contributed by atoms with van der Waals surface area (Å²) in [5.74, 6) is -0.641. The highest BCUT2D eigenvalue weighted by Gasteiger charge is 2.48. The van der Waals surface area contributed by atoms with Gasteiger partial charge in [-0.25, -0.2) is 0 Å². The molecule has 0 fully saturated rings. The minimum atomic E-state index is -5.76. The van der Waals surface area contributed by atoms with Crippen LogP contribution in [0.2, 0.25) is 0 Å². The van der Waals surface area contributed by atoms with Gasteiger partial charge >= 0.3 is 15.6 Å². The van der Waals surface area contributed by atoms with Crippen molar-refractivity contribution in [2.75, 3.05) is 0 Å². The fourth-order valence-electron chi connectivity index (χ4n) is 0.977. The summed E-state index contributed by atoms with van der Waals surface area (Å²) in [6.45, 7) is 1.52. The van der Waals surface area contributed by atoms with E-state index in [0.29, 0.717) is 5.56 Å². The zero-order chi connectivity index (χ0) is 13.3. The number of hydrogen-bond donors (Lipinski definition) is 0. The number of aldehydes is 1. The number of aryl methyl sites for hydroxylation is 1. The van der Waals surface area contributed by atoms with Crippen LogP contribution in [0.1, 0.15) is 15.9 Å². The van der Waals surface area contributed by atoms with E-state index in [1.165, 1.54) is 19.1 Å². The van der Waals surface area contributed by atoms with E-state index in [4.69, 9.17) is 0 Å². The van der Waals surface area contributed by atoms with Gasteiger partial charge in [-0.3, -0.25) is 4.79 Å². The standard InChI is InChI=1S/C9H7F3O4S/c1-6-2-3-7(5-13)8(4-6)16-17(14,15)9(10,11)12/h2-5H,1H3. The van der Waals surface area contributed by atoms with E-state index in [9.17, 15) is 26.4 Å². The van der Waals surface area contributed by atoms with Gasteiger partial charge in [0.1, 0.15) is 0 Å². The van der Waals surface area contributed by atoms with E-state index in [1.807, 2.05) is 0 Å². The molecule has 0 N–H and O–H groups in total. The SMILES string of the molecule is Cc1ccc(C=O)c(OS(=O)(=O)C(F)(F)F)c1. The highest BCUT2D eigenvalue weighted by molar-refractivity contribution is 7.88. The van der Waals surface area contributed by atoms with Gasteiger partial charge in [-0.15, -0.1) is 0 Å². The van der Waals surface area contributed by atoms with Crippen molar-refractivity contribution in [1.29, 1.82) is 0 Å². The van der Waals surface area contributed by atoms with Crippen LogP contribution in [0.25, 0.3) is 0 Å². The zero-order valence-electron chi connectivity index (χ0n) is 8.48. The Hall–Kier alpha value is -1.57. The maximum absolute atomic E-state index is 12.1. The molecule has 0 saturated heterocycles. The van der Waals surface area contributed by atoms with E-state index >= 15 is 0 Å². The molecule has 0 atom stereocenters. The summed E-state index contributed by atoms with van der Waals surface area (Å²) in [5.41, 5.74) is -5.34. The van der Waals surface area contributed by atoms with Crippen molar-refractivity contribution in [1.82, 2.24) is 0 Å². The van der Waals surface area contributed by atoms with Crippen molar-refractivity contribution in [2.45, 2.75) is 12.4 Å². The molecule has 1 aromatic rings. The Labute approximate surface area is 95.1 Å². The smallest absolute Gasteiger partial charge is 0.375 e. The lowest BCUT2D eigenvalue weighted by Gasteiger charge is -2.11. The molecule has 8 heteroatoms. The van der Waals surface area contributed by atoms with Crippen molar-refractivity contribution >= 4 is 16.4 Å². The molecular formula is C9H7F3O4S. The monoisotopic (exact) mass is 268 g/mol. The third-order valence-corrected chi connectivity index (χ3v) is 2.74. The molecule has 0 aliphatic carbocycles. The summed E-state index contributed by atoms with van der Waals surface area (Å²) in [4.78, 5) is 10.5. The van der Waals surface area contributed by atoms with Crippen molar-refractivity contribution in [3.05, 3.63) is 29.3 Å². The summed E-state index contributed by atoms with van der Waals surface area (Å²) in [6, 6.07) is 3.65. The largest absolute Gasteiger partial charge is 0.534 e. The summed E-state index contributed by atoms with van der Waals surface area (Å²) < 4.78 is 61.5. The zero-order valence-corrected chi connectivity index (χ0v) is 9.30. The molecule has 17 heavy (non-hydrogen) atoms. The Balaban J connectivity index is 3.20. The molecule has 0 aromatic heterocycles. The third kappa shape index (κ3) is 2.96. The van der Waals surface area contributed by atoms with Crippen molar-refractivity contribution in [3.8, 4) is 5.75 Å². The van der Waals surface area contributed by atoms with Crippen LogP contribution in [0.5, 0.6) is 5.75 Å². The molecular weight excluding hydrogens is 261 g/mol. The second-order valence-electron chi connectivity index (χ2n) is 3.14. The van der Waals surface area contributed by atoms with Gasteiger partial charge < -0.3 is 4.18 Å². The molecule has 0 saturated carbocycles. The van der Waals surface area contributed by atoms with Gasteiger partial charge in [0, 0.05) is 0 Å². The van der Waals surface area contributed by atoms with Crippen molar-refractivity contribution < 1.29 is 30.6 Å². The lowest BCUT2D eigenvalue weighted by atomic mass is 10.1. The van der Waals surface area contributed by atoms with E-state index in [2.05, 4.69) is 4.18 Å². The number of carbonyl (C=O) groups is 1. The van der Waals surface area contributed by atoms with Gasteiger partial charge in [0.25, 0.3) is 0 Å². The summed E-state index contributed by atoms with van der Waals surface area (Å²) in [5, 5.41) is 0. The third-order valence-electron chi connectivity index (χ3n) is 1.78. The highest BCUT2D eigenvalue weighted by atomic mass is 32.2. The van der Waals surface area contributed by atoms with E-state index in [-0.39, 0.29) is 11.8 Å². The summed E-state index contributed by atoms with van der Waals surface area (Å²) in [6.07, 6.45) is 0.209. The first-order chi connectivity index (χ1) is 7.67. The lowest BCUT2D eigenvalue weighted by Crippen LogP contribution is -2.28. The predicted octanol–water partition coefficient (Wildman–Crippen LogP) is 2.04. The number of carbonyl (C=O) groups excluding carboxylic acids is 1. The number of hydrogen-bond acceptors (Lipinski definition) is 4. The first kappa shape index (κ1) is 13.5. The summed E-state index contributed by atoms with van der Waals surface area (Å²) in [7, 11) is -5.76. The van der Waals surface area contributed by atoms with Crippen LogP contribution >= 0.6 is 0 Å². The van der Waals surface area contributed by atoms with E-state index in [0.717, 1.165) is 6.07 Å². The quantitative estimate of drug-likeness (QED) is 0.478. The molecule has 0 aliphatic rings. The molecule has 0 amide bonds. The Bertz CT molecular complexity index is 534. The van der Waals surface area contributed by atoms with Gasteiger partial charge in [0.15, 0.2) is 12.0 Å². The number of rotatable bonds is 3. The van der Waals surface area contributed by atoms with Gasteiger partial charge in [-0.1, -0.05) is 6.07 Å². The number of benzene rings is 1. The fraction of sp³-hybridized carbons (Fsp3) is 0.222. The first-order valence-corrected chi connectivity index (χ1v) is 5.65. The number of halogens is 3. The van der Waals surface area contributed by atoms with Crippen molar-refractivity contribution in [3.63, 3.8) is 0 Å². The predicted molar refractivity (Wildman–Crippen MR) is 52.2 cm³/mol. The maximum Gasteiger partial charge on any atom is 0.534 e. The molecule has 0 spiro atoms. The van der Waals surface area contributed by atoms with Crippen LogP contribution in [-0.4, -0.2) is 20.2 Å². The van der Waals surface area contributed by atoms with Crippen molar-refractivity contribution in [2.24, 2.45) is 0 Å². The molecule has 0 unspecified atom stereocenters. The topological polar surface area (TPSA) is 60.4 Å². The van der Waals surface area contributed by atoms with Crippen LogP contribution in [0.15, 0.2) is 18.2 Å². The second kappa shape index (κ2) is 4.36. The van der Waals surface area contributed by atoms with E-state index in [1.54, 1.807) is 0 Å². The molecule has 94 valence electrons. The normalized spacial score (nSPS) is 12.2. The molecule has 0 heterocycles. The molecule has 1 aromatic carbocycles. The first-order valence-electron chi connectivity index (χ1n) is 4.24. The van der Waals surface area contributed by atoms with E-state index < -0.39 is 21.4 Å². The average molecular weight is 268 g/mol. The highest BCUT2D eigenvalue weighted by Crippen LogP contribution is 2.28. The van der Waals surface area contributed by atoms with Gasteiger partial charge in [0.2, 0.25) is 0 Å². The number of alkyl halides is 3. The lowest BCUT2D eigenvalue weighted by molar-refractivity contribution is -0.0500. The van der Waals surface area contributed by atoms with Crippen LogP contribution in [0.3, 0.4) is 0 Å². The van der Waals surface area contributed by atoms with Gasteiger partial charge in [-0.2, -0.15) is 21.6 Å². The molecule has 0 radical (unpaired) electrons. The van der Waals surface area contributed by atoms with Crippen LogP contribution in [-0.2, 0) is 10.1 Å². The van der Waals surface area contributed by atoms with Crippen LogP contribution in [0, 0.1) is 6.92 Å². The Morgan fingerprint density at radius 2 is 1.88 bits per heavy atom. The fourth-order valence-corrected chi connectivity index (χ4v) is 1.45. The second-order valence-corrected chi connectivity index (χ2v) is 4.68. The maximum atomic E-state index is 12.1. The minimum Gasteiger partial charge on any atom is -0.375 e. The summed E-state index contributed by atoms with van der Waals surface area (Å²) >= 11 is 0. The molecule has 0 aliphatic heterocycles. The Morgan fingerprint density at radius 3 is 2.35 bits per heavy atom. The van der Waals surface area contributed by atoms with Crippen LogP contribution in [0.4, 0.5) is 13.2 Å². The molecule has 1 rings (SSSR count). The average Bonchev–Trinajstić information content (AvgIpc) is 2.15. The van der Waals surface area contributed by atoms with Gasteiger partial charge in [0.05, 0.1) is 5.56 Å². The molecule has 0 bridgehead atoms. The minimum absolute atomic E-state index is 0.209. The van der Waals surface area contributed by atoms with Gasteiger partial charge in [-0.05, 0) is 24.6 Å².